The van der Waals surface area contributed by atoms with Crippen LogP contribution in [0, 0.1) is 0 Å². The van der Waals surface area contributed by atoms with Crippen LogP contribution >= 0.6 is 0 Å². The first kappa shape index (κ1) is 18.2. The third-order valence-corrected chi connectivity index (χ3v) is 4.96. The highest BCUT2D eigenvalue weighted by atomic mass is 16.5. The minimum atomic E-state index is -0.166. The number of hydrogen-bond donors (Lipinski definition) is 1. The normalized spacial score (nSPS) is 16.3. The number of carbonyl (C=O) groups is 1. The standard InChI is InChI=1S/C22H25NO3/c1-25-20-10-6-5-9-19(20)22(13-15-26-16-14-22)17-23-21(24)12-11-18-7-3-2-4-8-18/h2-12H,13-17H2,1H3,(H,23,24)/b12-11+. The van der Waals surface area contributed by atoms with Crippen molar-refractivity contribution in [3.05, 3.63) is 71.8 Å². The molecule has 4 nitrogen and oxygen atoms in total. The van der Waals surface area contributed by atoms with E-state index >= 15 is 0 Å². The van der Waals surface area contributed by atoms with E-state index in [1.807, 2.05) is 54.6 Å². The summed E-state index contributed by atoms with van der Waals surface area (Å²) in [7, 11) is 1.69. The summed E-state index contributed by atoms with van der Waals surface area (Å²) in [6.07, 6.45) is 5.13. The van der Waals surface area contributed by atoms with Gasteiger partial charge in [0.25, 0.3) is 0 Å². The molecule has 1 amide bonds. The Morgan fingerprint density at radius 2 is 1.81 bits per heavy atom. The van der Waals surface area contributed by atoms with E-state index in [1.165, 1.54) is 0 Å². The van der Waals surface area contributed by atoms with Crippen LogP contribution in [-0.4, -0.2) is 32.8 Å². The molecule has 0 radical (unpaired) electrons. The summed E-state index contributed by atoms with van der Waals surface area (Å²) in [6.45, 7) is 1.94. The van der Waals surface area contributed by atoms with Crippen molar-refractivity contribution >= 4 is 12.0 Å². The molecule has 2 aromatic carbocycles. The highest BCUT2D eigenvalue weighted by molar-refractivity contribution is 5.91. The Morgan fingerprint density at radius 1 is 1.12 bits per heavy atom. The second-order valence-corrected chi connectivity index (χ2v) is 6.55. The topological polar surface area (TPSA) is 47.6 Å². The van der Waals surface area contributed by atoms with Gasteiger partial charge in [0.1, 0.15) is 5.75 Å². The Balaban J connectivity index is 1.73. The number of amides is 1. The van der Waals surface area contributed by atoms with E-state index < -0.39 is 0 Å². The van der Waals surface area contributed by atoms with E-state index in [2.05, 4.69) is 11.4 Å². The number of hydrogen-bond acceptors (Lipinski definition) is 3. The van der Waals surface area contributed by atoms with Crippen LogP contribution < -0.4 is 10.1 Å². The Hall–Kier alpha value is -2.59. The van der Waals surface area contributed by atoms with E-state index in [1.54, 1.807) is 13.2 Å². The maximum absolute atomic E-state index is 12.3. The molecular weight excluding hydrogens is 326 g/mol. The number of nitrogens with one attached hydrogen (secondary N) is 1. The van der Waals surface area contributed by atoms with E-state index in [0.717, 1.165) is 29.7 Å². The van der Waals surface area contributed by atoms with Gasteiger partial charge in [0.2, 0.25) is 5.91 Å². The average Bonchev–Trinajstić information content (AvgIpc) is 2.72. The van der Waals surface area contributed by atoms with E-state index in [9.17, 15) is 4.79 Å². The number of carbonyl (C=O) groups excluding carboxylic acids is 1. The minimum Gasteiger partial charge on any atom is -0.496 e. The lowest BCUT2D eigenvalue weighted by molar-refractivity contribution is -0.116. The molecule has 1 fully saturated rings. The summed E-state index contributed by atoms with van der Waals surface area (Å²) >= 11 is 0. The third-order valence-electron chi connectivity index (χ3n) is 4.96. The predicted octanol–water partition coefficient (Wildman–Crippen LogP) is 3.57. The number of ether oxygens (including phenoxy) is 2. The molecule has 1 aliphatic heterocycles. The molecule has 2 aromatic rings. The van der Waals surface area contributed by atoms with Crippen LogP contribution in [0.15, 0.2) is 60.7 Å². The highest BCUT2D eigenvalue weighted by Crippen LogP contribution is 2.39. The van der Waals surface area contributed by atoms with Crippen molar-refractivity contribution in [1.29, 1.82) is 0 Å². The molecule has 0 unspecified atom stereocenters. The number of para-hydroxylation sites is 1. The largest absolute Gasteiger partial charge is 0.496 e. The maximum Gasteiger partial charge on any atom is 0.244 e. The fourth-order valence-corrected chi connectivity index (χ4v) is 3.44. The van der Waals surface area contributed by atoms with Gasteiger partial charge in [-0.15, -0.1) is 0 Å². The molecule has 0 aromatic heterocycles. The van der Waals surface area contributed by atoms with Crippen LogP contribution in [0.3, 0.4) is 0 Å². The van der Waals surface area contributed by atoms with Crippen LogP contribution in [0.25, 0.3) is 6.08 Å². The van der Waals surface area contributed by atoms with Crippen molar-refractivity contribution in [2.45, 2.75) is 18.3 Å². The quantitative estimate of drug-likeness (QED) is 0.810. The zero-order valence-corrected chi connectivity index (χ0v) is 15.1. The minimum absolute atomic E-state index is 0.0883. The zero-order chi connectivity index (χ0) is 18.2. The van der Waals surface area contributed by atoms with Crippen LogP contribution in [0.4, 0.5) is 0 Å². The zero-order valence-electron chi connectivity index (χ0n) is 15.1. The molecule has 0 atom stereocenters. The van der Waals surface area contributed by atoms with E-state index in [-0.39, 0.29) is 11.3 Å². The maximum atomic E-state index is 12.3. The summed E-state index contributed by atoms with van der Waals surface area (Å²) in [5, 5.41) is 3.08. The molecular formula is C22H25NO3. The lowest BCUT2D eigenvalue weighted by atomic mass is 9.73. The lowest BCUT2D eigenvalue weighted by Gasteiger charge is -2.38. The molecule has 1 N–H and O–H groups in total. The summed E-state index contributed by atoms with van der Waals surface area (Å²) in [5.41, 5.74) is 1.98. The van der Waals surface area contributed by atoms with Gasteiger partial charge in [-0.05, 0) is 30.5 Å². The Morgan fingerprint density at radius 3 is 2.54 bits per heavy atom. The number of benzene rings is 2. The first-order chi connectivity index (χ1) is 12.7. The van der Waals surface area contributed by atoms with E-state index in [0.29, 0.717) is 19.8 Å². The molecule has 136 valence electrons. The van der Waals surface area contributed by atoms with Crippen LogP contribution in [-0.2, 0) is 14.9 Å². The molecule has 1 saturated heterocycles. The van der Waals surface area contributed by atoms with Crippen molar-refractivity contribution in [2.75, 3.05) is 26.9 Å². The second kappa shape index (κ2) is 8.68. The van der Waals surface area contributed by atoms with Crippen molar-refractivity contribution in [3.63, 3.8) is 0 Å². The Bertz CT molecular complexity index is 749. The van der Waals surface area contributed by atoms with Crippen LogP contribution in [0.2, 0.25) is 0 Å². The smallest absolute Gasteiger partial charge is 0.244 e. The van der Waals surface area contributed by atoms with Crippen molar-refractivity contribution < 1.29 is 14.3 Å². The molecule has 4 heteroatoms. The van der Waals surface area contributed by atoms with Gasteiger partial charge in [0.05, 0.1) is 7.11 Å². The van der Waals surface area contributed by atoms with Gasteiger partial charge in [0.15, 0.2) is 0 Å². The summed E-state index contributed by atoms with van der Waals surface area (Å²) in [4.78, 5) is 12.3. The van der Waals surface area contributed by atoms with Gasteiger partial charge in [-0.1, -0.05) is 48.5 Å². The molecule has 3 rings (SSSR count). The third kappa shape index (κ3) is 4.33. The van der Waals surface area contributed by atoms with Gasteiger partial charge in [0, 0.05) is 36.8 Å². The monoisotopic (exact) mass is 351 g/mol. The molecule has 1 aliphatic rings. The number of rotatable bonds is 6. The van der Waals surface area contributed by atoms with Gasteiger partial charge in [-0.2, -0.15) is 0 Å². The fraction of sp³-hybridized carbons (Fsp3) is 0.318. The van der Waals surface area contributed by atoms with Gasteiger partial charge in [-0.25, -0.2) is 0 Å². The fourth-order valence-electron chi connectivity index (χ4n) is 3.44. The van der Waals surface area contributed by atoms with Crippen molar-refractivity contribution in [3.8, 4) is 5.75 Å². The number of methoxy groups -OCH3 is 1. The van der Waals surface area contributed by atoms with Crippen molar-refractivity contribution in [2.24, 2.45) is 0 Å². The lowest BCUT2D eigenvalue weighted by Crippen LogP contribution is -2.44. The SMILES string of the molecule is COc1ccccc1C1(CNC(=O)/C=C/c2ccccc2)CCOCC1. The van der Waals surface area contributed by atoms with Crippen LogP contribution in [0.5, 0.6) is 5.75 Å². The highest BCUT2D eigenvalue weighted by Gasteiger charge is 2.36. The molecule has 0 aliphatic carbocycles. The Labute approximate surface area is 154 Å². The summed E-state index contributed by atoms with van der Waals surface area (Å²) in [5.74, 6) is 0.776. The molecule has 1 heterocycles. The molecule has 0 saturated carbocycles. The molecule has 0 bridgehead atoms. The average molecular weight is 351 g/mol. The van der Waals surface area contributed by atoms with Crippen LogP contribution in [0.1, 0.15) is 24.0 Å². The first-order valence-electron chi connectivity index (χ1n) is 8.96. The Kier molecular flexibility index (Phi) is 6.08. The first-order valence-corrected chi connectivity index (χ1v) is 8.96. The van der Waals surface area contributed by atoms with E-state index in [4.69, 9.17) is 9.47 Å². The second-order valence-electron chi connectivity index (χ2n) is 6.55. The molecule has 26 heavy (non-hydrogen) atoms. The van der Waals surface area contributed by atoms with Gasteiger partial charge >= 0.3 is 0 Å². The van der Waals surface area contributed by atoms with Gasteiger partial charge < -0.3 is 14.8 Å². The van der Waals surface area contributed by atoms with Gasteiger partial charge in [-0.3, -0.25) is 4.79 Å². The molecule has 0 spiro atoms. The summed E-state index contributed by atoms with van der Waals surface area (Å²) in [6, 6.07) is 17.9. The summed E-state index contributed by atoms with van der Waals surface area (Å²) < 4.78 is 11.1. The van der Waals surface area contributed by atoms with Crippen molar-refractivity contribution in [1.82, 2.24) is 5.32 Å². The predicted molar refractivity (Wildman–Crippen MR) is 103 cm³/mol.